The van der Waals surface area contributed by atoms with Gasteiger partial charge in [-0.05, 0) is 51.8 Å². The Balaban J connectivity index is 2.09. The van der Waals surface area contributed by atoms with E-state index < -0.39 is 0 Å². The number of nitrogens with zero attached hydrogens (tertiary/aromatic N) is 1. The summed E-state index contributed by atoms with van der Waals surface area (Å²) in [6.07, 6.45) is 1.92. The molecule has 1 atom stereocenters. The van der Waals surface area contributed by atoms with Crippen LogP contribution >= 0.6 is 23.2 Å². The average Bonchev–Trinajstić information content (AvgIpc) is 2.81. The van der Waals surface area contributed by atoms with E-state index in [1.807, 2.05) is 32.9 Å². The lowest BCUT2D eigenvalue weighted by Gasteiger charge is -2.28. The summed E-state index contributed by atoms with van der Waals surface area (Å²) in [4.78, 5) is 14.6. The molecule has 21 heavy (non-hydrogen) atoms. The van der Waals surface area contributed by atoms with Gasteiger partial charge in [0.05, 0.1) is 16.1 Å². The molecular weight excluding hydrogens is 307 g/mol. The molecule has 1 aromatic carbocycles. The number of carbonyl (C=O) groups excluding carboxylic acids is 1. The molecule has 1 unspecified atom stereocenters. The van der Waals surface area contributed by atoms with Gasteiger partial charge in [-0.3, -0.25) is 9.69 Å². The molecule has 1 aromatic rings. The van der Waals surface area contributed by atoms with Crippen LogP contribution in [0.3, 0.4) is 0 Å². The van der Waals surface area contributed by atoms with Gasteiger partial charge in [0.2, 0.25) is 5.91 Å². The van der Waals surface area contributed by atoms with Crippen molar-refractivity contribution in [2.45, 2.75) is 51.7 Å². The molecule has 0 saturated carbocycles. The van der Waals surface area contributed by atoms with Crippen molar-refractivity contribution in [3.63, 3.8) is 0 Å². The van der Waals surface area contributed by atoms with Crippen molar-refractivity contribution >= 4 is 29.1 Å². The van der Waals surface area contributed by atoms with Crippen molar-refractivity contribution in [2.24, 2.45) is 0 Å². The highest BCUT2D eigenvalue weighted by molar-refractivity contribution is 6.42. The number of amides is 1. The molecule has 2 rings (SSSR count). The molecule has 0 aromatic heterocycles. The molecule has 5 heteroatoms. The maximum atomic E-state index is 12.4. The van der Waals surface area contributed by atoms with Crippen LogP contribution in [-0.2, 0) is 11.3 Å². The van der Waals surface area contributed by atoms with Crippen molar-refractivity contribution < 1.29 is 4.79 Å². The summed E-state index contributed by atoms with van der Waals surface area (Å²) in [7, 11) is 0. The molecule has 1 fully saturated rings. The average molecular weight is 329 g/mol. The van der Waals surface area contributed by atoms with Gasteiger partial charge in [-0.2, -0.15) is 0 Å². The van der Waals surface area contributed by atoms with Crippen LogP contribution in [0.5, 0.6) is 0 Å². The summed E-state index contributed by atoms with van der Waals surface area (Å²) in [5.74, 6) is 0.0955. The predicted molar refractivity (Wildman–Crippen MR) is 87.8 cm³/mol. The van der Waals surface area contributed by atoms with Crippen molar-refractivity contribution in [1.82, 2.24) is 10.2 Å². The van der Waals surface area contributed by atoms with Crippen LogP contribution in [0.4, 0.5) is 0 Å². The molecule has 0 bridgehead atoms. The van der Waals surface area contributed by atoms with E-state index in [1.165, 1.54) is 0 Å². The van der Waals surface area contributed by atoms with Crippen molar-refractivity contribution in [1.29, 1.82) is 0 Å². The van der Waals surface area contributed by atoms with Crippen LogP contribution in [-0.4, -0.2) is 28.9 Å². The SMILES string of the molecule is CC(C)(C)NC(=O)C1CCCN1Cc1cccc(Cl)c1Cl. The monoisotopic (exact) mass is 328 g/mol. The van der Waals surface area contributed by atoms with E-state index >= 15 is 0 Å². The minimum Gasteiger partial charge on any atom is -0.350 e. The summed E-state index contributed by atoms with van der Waals surface area (Å²) in [6.45, 7) is 7.56. The van der Waals surface area contributed by atoms with Gasteiger partial charge in [0, 0.05) is 12.1 Å². The lowest BCUT2D eigenvalue weighted by Crippen LogP contribution is -2.49. The Morgan fingerprint density at radius 3 is 2.76 bits per heavy atom. The minimum absolute atomic E-state index is 0.0840. The first-order chi connectivity index (χ1) is 9.78. The highest BCUT2D eigenvalue weighted by Crippen LogP contribution is 2.29. The van der Waals surface area contributed by atoms with Crippen molar-refractivity contribution in [2.75, 3.05) is 6.54 Å². The van der Waals surface area contributed by atoms with E-state index in [0.717, 1.165) is 24.9 Å². The Labute approximate surface area is 136 Å². The third kappa shape index (κ3) is 4.35. The molecule has 0 aliphatic carbocycles. The molecule has 116 valence electrons. The second-order valence-electron chi connectivity index (χ2n) is 6.58. The van der Waals surface area contributed by atoms with E-state index in [0.29, 0.717) is 16.6 Å². The molecular formula is C16H22Cl2N2O. The smallest absolute Gasteiger partial charge is 0.237 e. The number of likely N-dealkylation sites (tertiary alicyclic amines) is 1. The fourth-order valence-corrected chi connectivity index (χ4v) is 3.03. The molecule has 0 radical (unpaired) electrons. The standard InChI is InChI=1S/C16H22Cl2N2O/c1-16(2,3)19-15(21)13-8-5-9-20(13)10-11-6-4-7-12(17)14(11)18/h4,6-7,13H,5,8-10H2,1-3H3,(H,19,21). The highest BCUT2D eigenvalue weighted by atomic mass is 35.5. The number of nitrogens with one attached hydrogen (secondary N) is 1. The Kier molecular flexibility index (Phi) is 5.18. The minimum atomic E-state index is -0.209. The van der Waals surface area contributed by atoms with E-state index in [2.05, 4.69) is 10.2 Å². The molecule has 1 N–H and O–H groups in total. The first kappa shape index (κ1) is 16.6. The van der Waals surface area contributed by atoms with Crippen LogP contribution in [0.2, 0.25) is 10.0 Å². The number of rotatable bonds is 3. The normalized spacial score (nSPS) is 19.8. The highest BCUT2D eigenvalue weighted by Gasteiger charge is 2.32. The van der Waals surface area contributed by atoms with E-state index in [9.17, 15) is 4.79 Å². The van der Waals surface area contributed by atoms with Gasteiger partial charge in [-0.25, -0.2) is 0 Å². The topological polar surface area (TPSA) is 32.3 Å². The zero-order valence-electron chi connectivity index (χ0n) is 12.7. The molecule has 1 aliphatic rings. The molecule has 1 heterocycles. The lowest BCUT2D eigenvalue weighted by atomic mass is 10.1. The summed E-state index contributed by atoms with van der Waals surface area (Å²) in [5.41, 5.74) is 0.763. The van der Waals surface area contributed by atoms with Crippen LogP contribution < -0.4 is 5.32 Å². The van der Waals surface area contributed by atoms with Gasteiger partial charge in [0.15, 0.2) is 0 Å². The van der Waals surface area contributed by atoms with Gasteiger partial charge in [0.25, 0.3) is 0 Å². The van der Waals surface area contributed by atoms with Crippen molar-refractivity contribution in [3.8, 4) is 0 Å². The van der Waals surface area contributed by atoms with Crippen LogP contribution in [0.1, 0.15) is 39.2 Å². The maximum Gasteiger partial charge on any atom is 0.237 e. The molecule has 1 amide bonds. The fraction of sp³-hybridized carbons (Fsp3) is 0.562. The predicted octanol–water partition coefficient (Wildman–Crippen LogP) is 3.87. The maximum absolute atomic E-state index is 12.4. The largest absolute Gasteiger partial charge is 0.350 e. The Morgan fingerprint density at radius 2 is 2.10 bits per heavy atom. The van der Waals surface area contributed by atoms with Gasteiger partial charge < -0.3 is 5.32 Å². The molecule has 0 spiro atoms. The first-order valence-electron chi connectivity index (χ1n) is 7.27. The fourth-order valence-electron chi connectivity index (χ4n) is 2.65. The van der Waals surface area contributed by atoms with Gasteiger partial charge in [-0.15, -0.1) is 0 Å². The van der Waals surface area contributed by atoms with E-state index in [4.69, 9.17) is 23.2 Å². The zero-order valence-corrected chi connectivity index (χ0v) is 14.3. The van der Waals surface area contributed by atoms with Crippen molar-refractivity contribution in [3.05, 3.63) is 33.8 Å². The van der Waals surface area contributed by atoms with Crippen LogP contribution in [0.15, 0.2) is 18.2 Å². The number of carbonyl (C=O) groups is 1. The molecule has 3 nitrogen and oxygen atoms in total. The van der Waals surface area contributed by atoms with E-state index in [1.54, 1.807) is 6.07 Å². The quantitative estimate of drug-likeness (QED) is 0.913. The Hall–Kier alpha value is -0.770. The summed E-state index contributed by atoms with van der Waals surface area (Å²) in [5, 5.41) is 4.21. The Bertz CT molecular complexity index is 525. The number of hydrogen-bond acceptors (Lipinski definition) is 2. The van der Waals surface area contributed by atoms with Gasteiger partial charge in [0.1, 0.15) is 0 Å². The second kappa shape index (κ2) is 6.55. The van der Waals surface area contributed by atoms with Crippen LogP contribution in [0, 0.1) is 0 Å². The summed E-state index contributed by atoms with van der Waals surface area (Å²) < 4.78 is 0. The third-order valence-electron chi connectivity index (χ3n) is 3.57. The summed E-state index contributed by atoms with van der Waals surface area (Å²) in [6, 6.07) is 5.55. The molecule has 1 saturated heterocycles. The van der Waals surface area contributed by atoms with Gasteiger partial charge >= 0.3 is 0 Å². The summed E-state index contributed by atoms with van der Waals surface area (Å²) >= 11 is 12.3. The second-order valence-corrected chi connectivity index (χ2v) is 7.37. The first-order valence-corrected chi connectivity index (χ1v) is 8.02. The number of benzene rings is 1. The molecule has 1 aliphatic heterocycles. The third-order valence-corrected chi connectivity index (χ3v) is 4.43. The zero-order chi connectivity index (χ0) is 15.6. The van der Waals surface area contributed by atoms with E-state index in [-0.39, 0.29) is 17.5 Å². The van der Waals surface area contributed by atoms with Gasteiger partial charge in [-0.1, -0.05) is 35.3 Å². The lowest BCUT2D eigenvalue weighted by molar-refractivity contribution is -0.127. The van der Waals surface area contributed by atoms with Crippen LogP contribution in [0.25, 0.3) is 0 Å². The Morgan fingerprint density at radius 1 is 1.38 bits per heavy atom. The number of hydrogen-bond donors (Lipinski definition) is 1. The number of halogens is 2.